The molecule has 1 aliphatic carbocycles. The van der Waals surface area contributed by atoms with Gasteiger partial charge in [-0.1, -0.05) is 12.8 Å². The molecule has 2 rings (SSSR count). The van der Waals surface area contributed by atoms with Gasteiger partial charge in [-0.3, -0.25) is 0 Å². The first-order valence-electron chi connectivity index (χ1n) is 6.76. The van der Waals surface area contributed by atoms with E-state index >= 15 is 0 Å². The summed E-state index contributed by atoms with van der Waals surface area (Å²) in [6, 6.07) is 3.71. The van der Waals surface area contributed by atoms with Crippen LogP contribution in [0.15, 0.2) is 18.2 Å². The van der Waals surface area contributed by atoms with Gasteiger partial charge < -0.3 is 16.2 Å². The van der Waals surface area contributed by atoms with Crippen molar-refractivity contribution < 1.29 is 18.3 Å². The molecule has 2 atom stereocenters. The van der Waals surface area contributed by atoms with E-state index in [1.54, 1.807) is 0 Å². The van der Waals surface area contributed by atoms with Gasteiger partial charge >= 0.3 is 6.18 Å². The lowest BCUT2D eigenvalue weighted by Crippen LogP contribution is -2.30. The molecule has 6 heteroatoms. The van der Waals surface area contributed by atoms with Crippen molar-refractivity contribution in [3.8, 4) is 0 Å². The number of hydrogen-bond donors (Lipinski definition) is 3. The predicted molar refractivity (Wildman–Crippen MR) is 72.3 cm³/mol. The molecule has 0 bridgehead atoms. The fourth-order valence-corrected chi connectivity index (χ4v) is 2.62. The Labute approximate surface area is 116 Å². The van der Waals surface area contributed by atoms with Crippen LogP contribution in [0.2, 0.25) is 0 Å². The van der Waals surface area contributed by atoms with Crippen LogP contribution >= 0.6 is 0 Å². The number of anilines is 2. The van der Waals surface area contributed by atoms with Crippen molar-refractivity contribution in [3.63, 3.8) is 0 Å². The smallest absolute Gasteiger partial charge is 0.399 e. The van der Waals surface area contributed by atoms with Gasteiger partial charge in [0, 0.05) is 23.8 Å². The molecular weight excluding hydrogens is 269 g/mol. The Kier molecular flexibility index (Phi) is 4.42. The zero-order valence-corrected chi connectivity index (χ0v) is 11.1. The molecule has 0 amide bonds. The zero-order chi connectivity index (χ0) is 14.8. The number of nitrogens with two attached hydrogens (primary N) is 1. The molecule has 1 saturated carbocycles. The first-order valence-corrected chi connectivity index (χ1v) is 6.76. The van der Waals surface area contributed by atoms with Gasteiger partial charge in [-0.15, -0.1) is 0 Å². The maximum Gasteiger partial charge on any atom is 0.418 e. The number of aliphatic hydroxyl groups excluding tert-OH is 1. The lowest BCUT2D eigenvalue weighted by molar-refractivity contribution is -0.136. The standard InChI is InChI=1S/C14H19F3N2O/c15-14(16,17)11-7-10(18)5-6-12(11)19-8-9-3-1-2-4-13(9)20/h5-7,9,13,19-20H,1-4,8,18H2. The number of nitrogen functional groups attached to an aromatic ring is 1. The maximum atomic E-state index is 12.9. The Morgan fingerprint density at radius 2 is 1.95 bits per heavy atom. The zero-order valence-electron chi connectivity index (χ0n) is 11.1. The Morgan fingerprint density at radius 3 is 2.60 bits per heavy atom. The second-order valence-corrected chi connectivity index (χ2v) is 5.30. The van der Waals surface area contributed by atoms with E-state index < -0.39 is 17.8 Å². The minimum atomic E-state index is -4.44. The van der Waals surface area contributed by atoms with E-state index in [4.69, 9.17) is 5.73 Å². The number of benzene rings is 1. The van der Waals surface area contributed by atoms with E-state index in [1.807, 2.05) is 0 Å². The molecule has 0 heterocycles. The van der Waals surface area contributed by atoms with Crippen LogP contribution in [0.1, 0.15) is 31.2 Å². The summed E-state index contributed by atoms with van der Waals surface area (Å²) in [5.41, 5.74) is 4.76. The quantitative estimate of drug-likeness (QED) is 0.748. The summed E-state index contributed by atoms with van der Waals surface area (Å²) in [6.07, 6.45) is -1.32. The summed E-state index contributed by atoms with van der Waals surface area (Å²) in [6.45, 7) is 0.341. The molecule has 4 N–H and O–H groups in total. The maximum absolute atomic E-state index is 12.9. The Hall–Kier alpha value is -1.43. The van der Waals surface area contributed by atoms with E-state index in [1.165, 1.54) is 12.1 Å². The number of aliphatic hydroxyl groups is 1. The van der Waals surface area contributed by atoms with Crippen LogP contribution in [0.4, 0.5) is 24.5 Å². The normalized spacial score (nSPS) is 23.6. The number of hydrogen-bond acceptors (Lipinski definition) is 3. The highest BCUT2D eigenvalue weighted by molar-refractivity contribution is 5.59. The van der Waals surface area contributed by atoms with E-state index in [0.717, 1.165) is 31.7 Å². The number of rotatable bonds is 3. The predicted octanol–water partition coefficient (Wildman–Crippen LogP) is 3.25. The Bertz CT molecular complexity index is 462. The third-order valence-electron chi connectivity index (χ3n) is 3.77. The number of alkyl halides is 3. The van der Waals surface area contributed by atoms with Crippen LogP contribution in [-0.4, -0.2) is 17.8 Å². The van der Waals surface area contributed by atoms with Crippen molar-refractivity contribution in [2.24, 2.45) is 5.92 Å². The lowest BCUT2D eigenvalue weighted by Gasteiger charge is -2.28. The van der Waals surface area contributed by atoms with Gasteiger partial charge in [0.2, 0.25) is 0 Å². The third kappa shape index (κ3) is 3.56. The molecule has 3 nitrogen and oxygen atoms in total. The summed E-state index contributed by atoms with van der Waals surface area (Å²) in [5.74, 6) is 0.00221. The average Bonchev–Trinajstić information content (AvgIpc) is 2.38. The van der Waals surface area contributed by atoms with E-state index in [9.17, 15) is 18.3 Å². The molecule has 2 unspecified atom stereocenters. The molecule has 1 aromatic rings. The average molecular weight is 288 g/mol. The van der Waals surface area contributed by atoms with Crippen molar-refractivity contribution in [2.45, 2.75) is 38.0 Å². The van der Waals surface area contributed by atoms with Gasteiger partial charge in [0.05, 0.1) is 11.7 Å². The molecule has 0 saturated heterocycles. The lowest BCUT2D eigenvalue weighted by atomic mass is 9.86. The van der Waals surface area contributed by atoms with E-state index in [-0.39, 0.29) is 17.3 Å². The highest BCUT2D eigenvalue weighted by Gasteiger charge is 2.34. The molecule has 1 aliphatic rings. The molecule has 112 valence electrons. The van der Waals surface area contributed by atoms with Crippen LogP contribution in [-0.2, 0) is 6.18 Å². The number of halogens is 3. The molecular formula is C14H19F3N2O. The van der Waals surface area contributed by atoms with Crippen molar-refractivity contribution in [1.29, 1.82) is 0 Å². The summed E-state index contributed by atoms with van der Waals surface area (Å²) >= 11 is 0. The monoisotopic (exact) mass is 288 g/mol. The minimum absolute atomic E-state index is 0.00221. The van der Waals surface area contributed by atoms with E-state index in [2.05, 4.69) is 5.32 Å². The molecule has 1 fully saturated rings. The van der Waals surface area contributed by atoms with Crippen molar-refractivity contribution in [1.82, 2.24) is 0 Å². The van der Waals surface area contributed by atoms with Crippen LogP contribution < -0.4 is 11.1 Å². The second kappa shape index (κ2) is 5.91. The summed E-state index contributed by atoms with van der Waals surface area (Å²) < 4.78 is 38.8. The molecule has 0 aromatic heterocycles. The third-order valence-corrected chi connectivity index (χ3v) is 3.77. The topological polar surface area (TPSA) is 58.3 Å². The molecule has 0 spiro atoms. The highest BCUT2D eigenvalue weighted by atomic mass is 19.4. The van der Waals surface area contributed by atoms with Gasteiger partial charge in [-0.2, -0.15) is 13.2 Å². The minimum Gasteiger partial charge on any atom is -0.399 e. The van der Waals surface area contributed by atoms with Crippen LogP contribution in [0.3, 0.4) is 0 Å². The van der Waals surface area contributed by atoms with Gasteiger partial charge in [-0.25, -0.2) is 0 Å². The van der Waals surface area contributed by atoms with Gasteiger partial charge in [0.25, 0.3) is 0 Å². The molecule has 1 aromatic carbocycles. The first-order chi connectivity index (χ1) is 9.38. The summed E-state index contributed by atoms with van der Waals surface area (Å²) in [7, 11) is 0. The van der Waals surface area contributed by atoms with Crippen molar-refractivity contribution in [3.05, 3.63) is 23.8 Å². The molecule has 0 radical (unpaired) electrons. The fourth-order valence-electron chi connectivity index (χ4n) is 2.62. The fraction of sp³-hybridized carbons (Fsp3) is 0.571. The SMILES string of the molecule is Nc1ccc(NCC2CCCCC2O)c(C(F)(F)F)c1. The van der Waals surface area contributed by atoms with Crippen LogP contribution in [0.5, 0.6) is 0 Å². The highest BCUT2D eigenvalue weighted by Crippen LogP contribution is 2.36. The summed E-state index contributed by atoms with van der Waals surface area (Å²) in [5, 5.41) is 12.6. The Balaban J connectivity index is 2.09. The van der Waals surface area contributed by atoms with Crippen LogP contribution in [0.25, 0.3) is 0 Å². The van der Waals surface area contributed by atoms with Gasteiger partial charge in [0.1, 0.15) is 0 Å². The molecule has 0 aliphatic heterocycles. The molecule has 20 heavy (non-hydrogen) atoms. The largest absolute Gasteiger partial charge is 0.418 e. The first kappa shape index (κ1) is 15.0. The van der Waals surface area contributed by atoms with Gasteiger partial charge in [-0.05, 0) is 31.0 Å². The Morgan fingerprint density at radius 1 is 1.25 bits per heavy atom. The summed E-state index contributed by atoms with van der Waals surface area (Å²) in [4.78, 5) is 0. The van der Waals surface area contributed by atoms with Crippen molar-refractivity contribution >= 4 is 11.4 Å². The second-order valence-electron chi connectivity index (χ2n) is 5.30. The van der Waals surface area contributed by atoms with Crippen molar-refractivity contribution in [2.75, 3.05) is 17.6 Å². The number of nitrogens with one attached hydrogen (secondary N) is 1. The van der Waals surface area contributed by atoms with Gasteiger partial charge in [0.15, 0.2) is 0 Å². The van der Waals surface area contributed by atoms with E-state index in [0.29, 0.717) is 6.54 Å². The van der Waals surface area contributed by atoms with Crippen LogP contribution in [0, 0.1) is 5.92 Å².